The van der Waals surface area contributed by atoms with E-state index in [0.717, 1.165) is 32.2 Å². The van der Waals surface area contributed by atoms with Crippen molar-refractivity contribution in [1.29, 1.82) is 0 Å². The fraction of sp³-hybridized carbons (Fsp3) is 0.400. The Morgan fingerprint density at radius 3 is 2.71 bits per heavy atom. The second-order valence-corrected chi connectivity index (χ2v) is 10.7. The Hall–Kier alpha value is -0.950. The minimum absolute atomic E-state index is 0.0801. The summed E-state index contributed by atoms with van der Waals surface area (Å²) in [5.41, 5.74) is 2.37. The summed E-state index contributed by atoms with van der Waals surface area (Å²) in [5.74, 6) is 0. The highest BCUT2D eigenvalue weighted by atomic mass is 32.2. The fourth-order valence-corrected chi connectivity index (χ4v) is 6.64. The molecular formula is C20H25N2O3PS2. The van der Waals surface area contributed by atoms with Gasteiger partial charge in [-0.05, 0) is 55.9 Å². The van der Waals surface area contributed by atoms with Gasteiger partial charge in [-0.25, -0.2) is 9.24 Å². The Bertz CT molecular complexity index is 905. The van der Waals surface area contributed by atoms with Crippen molar-refractivity contribution in [3.63, 3.8) is 0 Å². The second kappa shape index (κ2) is 8.42. The minimum Gasteiger partial charge on any atom is -0.340 e. The molecule has 8 heteroatoms. The highest BCUT2D eigenvalue weighted by molar-refractivity contribution is 8.00. The number of hydrogen-bond donors (Lipinski definition) is 2. The van der Waals surface area contributed by atoms with Gasteiger partial charge in [-0.1, -0.05) is 30.3 Å². The number of nitrogens with zero attached hydrogens (tertiary/aromatic N) is 2. The first-order chi connectivity index (χ1) is 13.5. The summed E-state index contributed by atoms with van der Waals surface area (Å²) in [6.45, 7) is 1.22. The fourth-order valence-electron chi connectivity index (χ4n) is 4.08. The average Bonchev–Trinajstić information content (AvgIpc) is 2.70. The van der Waals surface area contributed by atoms with Crippen molar-refractivity contribution in [2.24, 2.45) is 0 Å². The number of benzene rings is 2. The summed E-state index contributed by atoms with van der Waals surface area (Å²) in [6, 6.07) is 14.9. The molecule has 0 spiro atoms. The molecule has 2 aromatic rings. The maximum atomic E-state index is 11.9. The highest BCUT2D eigenvalue weighted by Gasteiger charge is 2.35. The Morgan fingerprint density at radius 2 is 1.93 bits per heavy atom. The van der Waals surface area contributed by atoms with Crippen LogP contribution in [0.15, 0.2) is 57.2 Å². The molecule has 0 radical (unpaired) electrons. The third-order valence-corrected chi connectivity index (χ3v) is 8.50. The zero-order valence-electron chi connectivity index (χ0n) is 15.8. The van der Waals surface area contributed by atoms with Crippen LogP contribution >= 0.6 is 31.3 Å². The normalized spacial score (nSPS) is 20.0. The standard InChI is InChI=1S/C20H25N2O3PS2/c1-27-16-9-10-20-18(14-16)21(17-7-2-3-8-19(17)28-20)13-11-15-6-4-5-12-22(15)26(23,24)25/h2-3,7-10,14-15H,4-6,11-13H2,1H3,(H2,23,24,25). The molecule has 1 saturated heterocycles. The van der Waals surface area contributed by atoms with E-state index in [9.17, 15) is 14.4 Å². The largest absolute Gasteiger partial charge is 0.403 e. The Labute approximate surface area is 174 Å². The predicted octanol–water partition coefficient (Wildman–Crippen LogP) is 5.35. The third-order valence-electron chi connectivity index (χ3n) is 5.45. The number of thioether (sulfide) groups is 1. The summed E-state index contributed by atoms with van der Waals surface area (Å²) >= 11 is 3.51. The van der Waals surface area contributed by atoms with E-state index in [1.165, 1.54) is 30.7 Å². The van der Waals surface area contributed by atoms with E-state index in [2.05, 4.69) is 53.6 Å². The maximum absolute atomic E-state index is 11.9. The summed E-state index contributed by atoms with van der Waals surface area (Å²) < 4.78 is 13.3. The van der Waals surface area contributed by atoms with Crippen molar-refractivity contribution in [3.8, 4) is 0 Å². The monoisotopic (exact) mass is 436 g/mol. The lowest BCUT2D eigenvalue weighted by Crippen LogP contribution is -2.39. The molecule has 150 valence electrons. The molecule has 0 aromatic heterocycles. The molecule has 0 bridgehead atoms. The van der Waals surface area contributed by atoms with Crippen molar-refractivity contribution >= 4 is 42.6 Å². The van der Waals surface area contributed by atoms with Crippen molar-refractivity contribution in [2.75, 3.05) is 24.2 Å². The number of rotatable bonds is 5. The summed E-state index contributed by atoms with van der Waals surface area (Å²) in [6.07, 6.45) is 5.53. The van der Waals surface area contributed by atoms with Gasteiger partial charge in [0.1, 0.15) is 0 Å². The molecule has 5 nitrogen and oxygen atoms in total. The van der Waals surface area contributed by atoms with Crippen LogP contribution in [0, 0.1) is 0 Å². The topological polar surface area (TPSA) is 64.0 Å². The van der Waals surface area contributed by atoms with Gasteiger partial charge >= 0.3 is 7.75 Å². The average molecular weight is 437 g/mol. The first kappa shape index (κ1) is 20.3. The summed E-state index contributed by atoms with van der Waals surface area (Å²) in [7, 11) is -4.20. The Kier molecular flexibility index (Phi) is 6.12. The molecule has 4 rings (SSSR count). The van der Waals surface area contributed by atoms with Crippen molar-refractivity contribution < 1.29 is 14.4 Å². The maximum Gasteiger partial charge on any atom is 0.403 e. The molecule has 0 amide bonds. The first-order valence-corrected chi connectivity index (χ1v) is 13.1. The molecule has 1 fully saturated rings. The minimum atomic E-state index is -4.20. The number of para-hydroxylation sites is 1. The number of hydrogen-bond acceptors (Lipinski definition) is 4. The van der Waals surface area contributed by atoms with Crippen molar-refractivity contribution in [3.05, 3.63) is 42.5 Å². The van der Waals surface area contributed by atoms with E-state index < -0.39 is 7.75 Å². The second-order valence-electron chi connectivity index (χ2n) is 7.17. The summed E-state index contributed by atoms with van der Waals surface area (Å²) in [5, 5.41) is 0. The van der Waals surface area contributed by atoms with Crippen LogP contribution in [-0.2, 0) is 4.57 Å². The number of fused-ring (bicyclic) bond motifs is 2. The van der Waals surface area contributed by atoms with Crippen LogP contribution in [0.4, 0.5) is 11.4 Å². The summed E-state index contributed by atoms with van der Waals surface area (Å²) in [4.78, 5) is 25.5. The van der Waals surface area contributed by atoms with E-state index >= 15 is 0 Å². The van der Waals surface area contributed by atoms with Crippen molar-refractivity contribution in [1.82, 2.24) is 4.67 Å². The zero-order chi connectivity index (χ0) is 19.7. The van der Waals surface area contributed by atoms with Gasteiger partial charge < -0.3 is 14.7 Å². The molecule has 2 aromatic carbocycles. The Morgan fingerprint density at radius 1 is 1.14 bits per heavy atom. The lowest BCUT2D eigenvalue weighted by atomic mass is 10.0. The van der Waals surface area contributed by atoms with Gasteiger partial charge in [0.25, 0.3) is 0 Å². The van der Waals surface area contributed by atoms with Crippen LogP contribution < -0.4 is 4.90 Å². The van der Waals surface area contributed by atoms with E-state index in [0.29, 0.717) is 6.54 Å². The quantitative estimate of drug-likeness (QED) is 0.484. The molecule has 1 unspecified atom stereocenters. The molecule has 1 atom stereocenters. The van der Waals surface area contributed by atoms with E-state index in [1.54, 1.807) is 23.5 Å². The van der Waals surface area contributed by atoms with Gasteiger partial charge in [-0.3, -0.25) is 0 Å². The molecule has 2 heterocycles. The Balaban J connectivity index is 1.63. The molecule has 2 aliphatic rings. The SMILES string of the molecule is CSc1ccc2c(c1)N(CCC1CCCCN1P(=O)(O)O)c1ccccc1S2. The lowest BCUT2D eigenvalue weighted by molar-refractivity contribution is 0.182. The molecule has 2 N–H and O–H groups in total. The van der Waals surface area contributed by atoms with Gasteiger partial charge in [-0.15, -0.1) is 11.8 Å². The third kappa shape index (κ3) is 4.16. The van der Waals surface area contributed by atoms with Gasteiger partial charge in [0.15, 0.2) is 0 Å². The van der Waals surface area contributed by atoms with Crippen LogP contribution in [0.25, 0.3) is 0 Å². The van der Waals surface area contributed by atoms with Crippen LogP contribution in [0.5, 0.6) is 0 Å². The van der Waals surface area contributed by atoms with Crippen molar-refractivity contribution in [2.45, 2.75) is 46.4 Å². The van der Waals surface area contributed by atoms with Crippen LogP contribution in [-0.4, -0.2) is 39.8 Å². The van der Waals surface area contributed by atoms with E-state index in [4.69, 9.17) is 0 Å². The van der Waals surface area contributed by atoms with Crippen LogP contribution in [0.3, 0.4) is 0 Å². The van der Waals surface area contributed by atoms with Crippen LogP contribution in [0.1, 0.15) is 25.7 Å². The molecule has 0 aliphatic carbocycles. The number of piperidine rings is 1. The van der Waals surface area contributed by atoms with Gasteiger partial charge in [0.2, 0.25) is 0 Å². The zero-order valence-corrected chi connectivity index (χ0v) is 18.3. The number of anilines is 2. The lowest BCUT2D eigenvalue weighted by Gasteiger charge is -2.38. The van der Waals surface area contributed by atoms with E-state index in [-0.39, 0.29) is 6.04 Å². The molecular weight excluding hydrogens is 411 g/mol. The smallest absolute Gasteiger partial charge is 0.340 e. The molecule has 0 saturated carbocycles. The van der Waals surface area contributed by atoms with Gasteiger partial charge in [0.05, 0.1) is 11.4 Å². The van der Waals surface area contributed by atoms with Gasteiger partial charge in [0, 0.05) is 33.8 Å². The van der Waals surface area contributed by atoms with Gasteiger partial charge in [-0.2, -0.15) is 0 Å². The van der Waals surface area contributed by atoms with Crippen LogP contribution in [0.2, 0.25) is 0 Å². The molecule has 28 heavy (non-hydrogen) atoms. The molecule has 2 aliphatic heterocycles. The highest BCUT2D eigenvalue weighted by Crippen LogP contribution is 2.50. The first-order valence-electron chi connectivity index (χ1n) is 9.52. The predicted molar refractivity (Wildman–Crippen MR) is 117 cm³/mol. The van der Waals surface area contributed by atoms with E-state index in [1.807, 2.05) is 0 Å².